The quantitative estimate of drug-likeness (QED) is 0.687. The van der Waals surface area contributed by atoms with Crippen molar-refractivity contribution in [2.24, 2.45) is 0 Å². The van der Waals surface area contributed by atoms with Gasteiger partial charge in [-0.25, -0.2) is 0 Å². The third-order valence-electron chi connectivity index (χ3n) is 2.06. The summed E-state index contributed by atoms with van der Waals surface area (Å²) in [5.41, 5.74) is 1.27. The van der Waals surface area contributed by atoms with Crippen LogP contribution in [0.3, 0.4) is 0 Å². The van der Waals surface area contributed by atoms with Crippen LogP contribution in [0.2, 0.25) is 5.02 Å². The number of hydrogen-bond acceptors (Lipinski definition) is 1. The Morgan fingerprint density at radius 2 is 2.19 bits per heavy atom. The maximum absolute atomic E-state index is 9.00. The van der Waals surface area contributed by atoms with Gasteiger partial charge < -0.3 is 0 Å². The van der Waals surface area contributed by atoms with Crippen molar-refractivity contribution in [1.82, 2.24) is 0 Å². The molecule has 0 N–H and O–H groups in total. The van der Waals surface area contributed by atoms with E-state index in [1.54, 1.807) is 6.07 Å². The molecule has 0 bridgehead atoms. The van der Waals surface area contributed by atoms with E-state index in [-0.39, 0.29) is 0 Å². The number of halogens is 3. The molecule has 4 heteroatoms. The minimum Gasteiger partial charge on any atom is -0.193 e. The Balaban J connectivity index is 3.27. The molecule has 0 amide bonds. The standard InChI is InChI=1S/C12H10BrCl2N/c1-2-3-8(7-16)12(15)10-6-9(13)4-5-11(10)14/h4-6H,2-3H2,1H3. The van der Waals surface area contributed by atoms with Crippen molar-refractivity contribution in [3.8, 4) is 6.07 Å². The third-order valence-corrected chi connectivity index (χ3v) is 3.32. The Morgan fingerprint density at radius 1 is 1.50 bits per heavy atom. The maximum Gasteiger partial charge on any atom is 0.0962 e. The third kappa shape index (κ3) is 3.25. The van der Waals surface area contributed by atoms with E-state index in [1.165, 1.54) is 0 Å². The molecule has 0 radical (unpaired) electrons. The van der Waals surface area contributed by atoms with Crippen LogP contribution in [0, 0.1) is 11.3 Å². The first kappa shape index (κ1) is 13.6. The molecule has 1 aromatic carbocycles. The zero-order chi connectivity index (χ0) is 12.1. The SMILES string of the molecule is CCCC(C#N)=C(Cl)c1cc(Br)ccc1Cl. The Bertz CT molecular complexity index is 461. The van der Waals surface area contributed by atoms with Gasteiger partial charge in [-0.1, -0.05) is 52.5 Å². The monoisotopic (exact) mass is 317 g/mol. The maximum atomic E-state index is 9.00. The van der Waals surface area contributed by atoms with E-state index < -0.39 is 0 Å². The minimum absolute atomic E-state index is 0.440. The van der Waals surface area contributed by atoms with Crippen LogP contribution in [-0.2, 0) is 0 Å². The van der Waals surface area contributed by atoms with E-state index in [0.29, 0.717) is 27.6 Å². The molecule has 0 atom stereocenters. The van der Waals surface area contributed by atoms with Gasteiger partial charge in [0, 0.05) is 20.6 Å². The molecule has 84 valence electrons. The fraction of sp³-hybridized carbons (Fsp3) is 0.250. The molecule has 0 heterocycles. The molecule has 0 unspecified atom stereocenters. The summed E-state index contributed by atoms with van der Waals surface area (Å²) in [5.74, 6) is 0. The van der Waals surface area contributed by atoms with Gasteiger partial charge in [-0.15, -0.1) is 0 Å². The predicted octanol–water partition coefficient (Wildman–Crippen LogP) is 5.38. The molecule has 1 aromatic rings. The van der Waals surface area contributed by atoms with Gasteiger partial charge in [0.1, 0.15) is 0 Å². The van der Waals surface area contributed by atoms with Crippen LogP contribution in [0.25, 0.3) is 5.03 Å². The Hall–Kier alpha value is -0.490. The second kappa shape index (κ2) is 6.30. The number of nitriles is 1. The number of hydrogen-bond donors (Lipinski definition) is 0. The van der Waals surface area contributed by atoms with Crippen molar-refractivity contribution in [2.45, 2.75) is 19.8 Å². The van der Waals surface area contributed by atoms with Gasteiger partial charge in [0.2, 0.25) is 0 Å². The van der Waals surface area contributed by atoms with E-state index in [4.69, 9.17) is 28.5 Å². The fourth-order valence-electron chi connectivity index (χ4n) is 1.29. The minimum atomic E-state index is 0.440. The highest BCUT2D eigenvalue weighted by Gasteiger charge is 2.10. The average Bonchev–Trinajstić information content (AvgIpc) is 2.28. The van der Waals surface area contributed by atoms with Crippen LogP contribution in [0.1, 0.15) is 25.3 Å². The second-order valence-corrected chi connectivity index (χ2v) is 4.98. The molecule has 0 aromatic heterocycles. The highest BCUT2D eigenvalue weighted by atomic mass is 79.9. The van der Waals surface area contributed by atoms with Crippen molar-refractivity contribution >= 4 is 44.2 Å². The summed E-state index contributed by atoms with van der Waals surface area (Å²) in [6, 6.07) is 7.53. The summed E-state index contributed by atoms with van der Waals surface area (Å²) < 4.78 is 0.888. The van der Waals surface area contributed by atoms with Crippen molar-refractivity contribution in [3.05, 3.63) is 38.8 Å². The van der Waals surface area contributed by atoms with E-state index in [9.17, 15) is 0 Å². The van der Waals surface area contributed by atoms with Crippen molar-refractivity contribution < 1.29 is 0 Å². The Labute approximate surface area is 114 Å². The lowest BCUT2D eigenvalue weighted by molar-refractivity contribution is 0.933. The molecule has 0 fully saturated rings. The van der Waals surface area contributed by atoms with Crippen molar-refractivity contribution in [3.63, 3.8) is 0 Å². The molecule has 0 aliphatic rings. The van der Waals surface area contributed by atoms with E-state index in [0.717, 1.165) is 10.9 Å². The normalized spacial score (nSPS) is 11.9. The molecule has 1 rings (SSSR count). The summed E-state index contributed by atoms with van der Waals surface area (Å²) in [5, 5.41) is 10.00. The summed E-state index contributed by atoms with van der Waals surface area (Å²) >= 11 is 15.6. The van der Waals surface area contributed by atoms with E-state index in [2.05, 4.69) is 22.0 Å². The van der Waals surface area contributed by atoms with Crippen LogP contribution in [0.15, 0.2) is 28.2 Å². The molecule has 0 aliphatic carbocycles. The largest absolute Gasteiger partial charge is 0.193 e. The topological polar surface area (TPSA) is 23.8 Å². The lowest BCUT2D eigenvalue weighted by atomic mass is 10.1. The van der Waals surface area contributed by atoms with Crippen LogP contribution in [0.5, 0.6) is 0 Å². The van der Waals surface area contributed by atoms with E-state index in [1.807, 2.05) is 19.1 Å². The summed E-state index contributed by atoms with van der Waals surface area (Å²) in [4.78, 5) is 0. The number of nitrogens with zero attached hydrogens (tertiary/aromatic N) is 1. The smallest absolute Gasteiger partial charge is 0.0962 e. The summed E-state index contributed by atoms with van der Waals surface area (Å²) in [6.45, 7) is 2.00. The van der Waals surface area contributed by atoms with Gasteiger partial charge in [-0.05, 0) is 24.6 Å². The number of rotatable bonds is 3. The van der Waals surface area contributed by atoms with Crippen LogP contribution in [0.4, 0.5) is 0 Å². The number of benzene rings is 1. The van der Waals surface area contributed by atoms with Crippen LogP contribution < -0.4 is 0 Å². The Morgan fingerprint density at radius 3 is 2.75 bits per heavy atom. The summed E-state index contributed by atoms with van der Waals surface area (Å²) in [7, 11) is 0. The first-order valence-corrected chi connectivity index (χ1v) is 6.39. The molecule has 0 spiro atoms. The zero-order valence-electron chi connectivity index (χ0n) is 8.73. The van der Waals surface area contributed by atoms with Gasteiger partial charge >= 0.3 is 0 Å². The van der Waals surface area contributed by atoms with Gasteiger partial charge in [0.25, 0.3) is 0 Å². The predicted molar refractivity (Wildman–Crippen MR) is 72.4 cm³/mol. The number of allylic oxidation sites excluding steroid dienone is 1. The van der Waals surface area contributed by atoms with Crippen molar-refractivity contribution in [1.29, 1.82) is 5.26 Å². The lowest BCUT2D eigenvalue weighted by Crippen LogP contribution is -1.87. The first-order valence-electron chi connectivity index (χ1n) is 4.84. The lowest BCUT2D eigenvalue weighted by Gasteiger charge is -2.06. The Kier molecular flexibility index (Phi) is 5.34. The van der Waals surface area contributed by atoms with Crippen LogP contribution >= 0.6 is 39.1 Å². The molecular weight excluding hydrogens is 309 g/mol. The fourth-order valence-corrected chi connectivity index (χ4v) is 2.21. The van der Waals surface area contributed by atoms with Crippen LogP contribution in [-0.4, -0.2) is 0 Å². The second-order valence-electron chi connectivity index (χ2n) is 3.28. The average molecular weight is 319 g/mol. The molecule has 1 nitrogen and oxygen atoms in total. The highest BCUT2D eigenvalue weighted by molar-refractivity contribution is 9.10. The summed E-state index contributed by atoms with van der Waals surface area (Å²) in [6.07, 6.45) is 1.54. The van der Waals surface area contributed by atoms with Gasteiger partial charge in [0.15, 0.2) is 0 Å². The van der Waals surface area contributed by atoms with Gasteiger partial charge in [-0.2, -0.15) is 5.26 Å². The first-order chi connectivity index (χ1) is 7.60. The van der Waals surface area contributed by atoms with Crippen molar-refractivity contribution in [2.75, 3.05) is 0 Å². The molecule has 0 aliphatic heterocycles. The molecule has 0 saturated heterocycles. The molecule has 16 heavy (non-hydrogen) atoms. The van der Waals surface area contributed by atoms with Gasteiger partial charge in [-0.3, -0.25) is 0 Å². The molecule has 0 saturated carbocycles. The zero-order valence-corrected chi connectivity index (χ0v) is 11.8. The van der Waals surface area contributed by atoms with Gasteiger partial charge in [0.05, 0.1) is 11.1 Å². The molecular formula is C12H10BrCl2N. The highest BCUT2D eigenvalue weighted by Crippen LogP contribution is 2.32. The van der Waals surface area contributed by atoms with E-state index >= 15 is 0 Å².